The fourth-order valence-electron chi connectivity index (χ4n) is 5.65. The Hall–Kier alpha value is -1.94. The summed E-state index contributed by atoms with van der Waals surface area (Å²) in [4.78, 5) is 14.6. The van der Waals surface area contributed by atoms with Crippen molar-refractivity contribution in [3.8, 4) is 0 Å². The van der Waals surface area contributed by atoms with Gasteiger partial charge in [0.15, 0.2) is 8.32 Å². The van der Waals surface area contributed by atoms with Crippen LogP contribution in [-0.4, -0.2) is 63.1 Å². The maximum absolute atomic E-state index is 11.7. The third-order valence-electron chi connectivity index (χ3n) is 7.16. The van der Waals surface area contributed by atoms with Crippen LogP contribution in [0.4, 0.5) is 0 Å². The molecule has 0 bridgehead atoms. The zero-order valence-electron chi connectivity index (χ0n) is 22.7. The van der Waals surface area contributed by atoms with Gasteiger partial charge < -0.3 is 23.7 Å². The molecule has 1 aliphatic rings. The van der Waals surface area contributed by atoms with Gasteiger partial charge in [-0.3, -0.25) is 4.79 Å². The zero-order chi connectivity index (χ0) is 26.9. The summed E-state index contributed by atoms with van der Waals surface area (Å²) >= 11 is 0. The molecule has 1 aromatic carbocycles. The first-order valence-electron chi connectivity index (χ1n) is 12.8. The van der Waals surface area contributed by atoms with E-state index in [-0.39, 0.29) is 26.2 Å². The van der Waals surface area contributed by atoms with E-state index < -0.39 is 38.1 Å². The number of aliphatic hydroxyl groups excluding tert-OH is 1. The first kappa shape index (κ1) is 30.3. The lowest BCUT2D eigenvalue weighted by atomic mass is 9.87. The van der Waals surface area contributed by atoms with Crippen molar-refractivity contribution in [1.29, 1.82) is 0 Å². The summed E-state index contributed by atoms with van der Waals surface area (Å²) < 4.78 is 24.6. The Morgan fingerprint density at radius 1 is 1.17 bits per heavy atom. The molecule has 0 unspecified atom stereocenters. The Labute approximate surface area is 216 Å². The second-order valence-corrected chi connectivity index (χ2v) is 16.2. The lowest BCUT2D eigenvalue weighted by Crippen LogP contribution is -2.60. The Bertz CT molecular complexity index is 856. The fourth-order valence-corrected chi connectivity index (χ4v) is 11.1. The smallest absolute Gasteiger partial charge is 0.302 e. The summed E-state index contributed by atoms with van der Waals surface area (Å²) in [5.41, 5.74) is 10.1. The molecular weight excluding hydrogens is 478 g/mol. The van der Waals surface area contributed by atoms with Gasteiger partial charge in [-0.25, -0.2) is 0 Å². The number of rotatable bonds is 13. The number of carbonyl (C=O) groups excluding carboxylic acids is 1. The van der Waals surface area contributed by atoms with Crippen LogP contribution in [0.1, 0.15) is 60.5 Å². The number of ether oxygens (including phenoxy) is 3. The molecule has 0 amide bonds. The van der Waals surface area contributed by atoms with Crippen molar-refractivity contribution in [3.05, 3.63) is 46.3 Å². The van der Waals surface area contributed by atoms with Gasteiger partial charge >= 0.3 is 5.97 Å². The van der Waals surface area contributed by atoms with Crippen LogP contribution in [0.15, 0.2) is 35.4 Å². The van der Waals surface area contributed by atoms with Crippen LogP contribution in [-0.2, 0) is 30.0 Å². The molecule has 10 heteroatoms. The van der Waals surface area contributed by atoms with Crippen molar-refractivity contribution in [2.75, 3.05) is 19.8 Å². The van der Waals surface area contributed by atoms with E-state index >= 15 is 0 Å². The van der Waals surface area contributed by atoms with E-state index in [2.05, 4.69) is 51.6 Å². The summed E-state index contributed by atoms with van der Waals surface area (Å²) in [5, 5.41) is 14.9. The molecule has 36 heavy (non-hydrogen) atoms. The van der Waals surface area contributed by atoms with E-state index in [1.807, 2.05) is 30.3 Å². The normalized spacial score (nSPS) is 24.7. The van der Waals surface area contributed by atoms with Crippen molar-refractivity contribution in [1.82, 2.24) is 0 Å². The number of esters is 1. The van der Waals surface area contributed by atoms with E-state index in [0.29, 0.717) is 23.2 Å². The number of nitrogens with zero attached hydrogens (tertiary/aromatic N) is 3. The summed E-state index contributed by atoms with van der Waals surface area (Å²) in [6, 6.07) is 8.88. The highest BCUT2D eigenvalue weighted by atomic mass is 28.4. The van der Waals surface area contributed by atoms with Crippen molar-refractivity contribution < 1.29 is 28.5 Å². The van der Waals surface area contributed by atoms with Gasteiger partial charge in [-0.2, -0.15) is 0 Å². The summed E-state index contributed by atoms with van der Waals surface area (Å²) in [5.74, 6) is -0.452. The Morgan fingerprint density at radius 3 is 2.31 bits per heavy atom. The molecule has 0 saturated carbocycles. The molecule has 2 rings (SSSR count). The van der Waals surface area contributed by atoms with E-state index in [0.717, 1.165) is 5.56 Å². The highest BCUT2D eigenvalue weighted by Crippen LogP contribution is 2.43. The second-order valence-electron chi connectivity index (χ2n) is 10.7. The number of hydrogen-bond acceptors (Lipinski definition) is 7. The summed E-state index contributed by atoms with van der Waals surface area (Å²) in [6.07, 6.45) is -1.63. The molecule has 4 atom stereocenters. The Balaban J connectivity index is 2.31. The van der Waals surface area contributed by atoms with Crippen molar-refractivity contribution >= 4 is 14.3 Å². The van der Waals surface area contributed by atoms with Gasteiger partial charge in [-0.15, -0.1) is 0 Å². The molecule has 1 aliphatic heterocycles. The van der Waals surface area contributed by atoms with E-state index in [1.54, 1.807) is 0 Å². The minimum atomic E-state index is -2.25. The molecule has 9 nitrogen and oxygen atoms in total. The molecule has 1 aromatic rings. The van der Waals surface area contributed by atoms with Crippen LogP contribution < -0.4 is 0 Å². The number of hydrogen-bond donors (Lipinski definition) is 1. The number of aliphatic hydroxyl groups is 1. The molecule has 0 radical (unpaired) electrons. The van der Waals surface area contributed by atoms with Gasteiger partial charge in [0.2, 0.25) is 0 Å². The van der Waals surface area contributed by atoms with E-state index in [9.17, 15) is 15.4 Å². The molecule has 202 valence electrons. The summed E-state index contributed by atoms with van der Waals surface area (Å²) in [6.45, 7) is 15.0. The van der Waals surface area contributed by atoms with Crippen LogP contribution in [0.2, 0.25) is 16.6 Å². The minimum absolute atomic E-state index is 0.0885. The highest BCUT2D eigenvalue weighted by molar-refractivity contribution is 6.77. The molecule has 1 fully saturated rings. The van der Waals surface area contributed by atoms with Crippen molar-refractivity contribution in [2.24, 2.45) is 5.11 Å². The van der Waals surface area contributed by atoms with Gasteiger partial charge in [-0.05, 0) is 27.7 Å². The maximum atomic E-state index is 11.7. The predicted octanol–water partition coefficient (Wildman–Crippen LogP) is 5.53. The second kappa shape index (κ2) is 13.6. The first-order chi connectivity index (χ1) is 17.0. The molecule has 0 aliphatic carbocycles. The lowest BCUT2D eigenvalue weighted by molar-refractivity contribution is -0.222. The van der Waals surface area contributed by atoms with E-state index in [4.69, 9.17) is 18.6 Å². The van der Waals surface area contributed by atoms with Crippen LogP contribution >= 0.6 is 0 Å². The van der Waals surface area contributed by atoms with Gasteiger partial charge in [-0.1, -0.05) is 77.0 Å². The van der Waals surface area contributed by atoms with Gasteiger partial charge in [0, 0.05) is 18.3 Å². The molecule has 0 aromatic heterocycles. The number of azide groups is 1. The maximum Gasteiger partial charge on any atom is 0.302 e. The standard InChI is InChI=1S/C26H43N3O6Si/c1-18(2)36(19(3)4,20(5)6)34-15-24-25(28-29-27)23(31)13-26(35-24,17-33-21(7)30)16-32-14-22-11-9-8-10-12-22/h8-12,18-20,23-25,31H,13-17H2,1-7H3/t23-,24-,25+,26+/m0/s1. The summed E-state index contributed by atoms with van der Waals surface area (Å²) in [7, 11) is -2.25. The highest BCUT2D eigenvalue weighted by Gasteiger charge is 2.50. The third kappa shape index (κ3) is 7.54. The van der Waals surface area contributed by atoms with Crippen LogP contribution in [0.25, 0.3) is 10.4 Å². The van der Waals surface area contributed by atoms with Crippen LogP contribution in [0, 0.1) is 0 Å². The van der Waals surface area contributed by atoms with Gasteiger partial charge in [0.05, 0.1) is 38.1 Å². The molecule has 1 N–H and O–H groups in total. The average molecular weight is 522 g/mol. The van der Waals surface area contributed by atoms with Crippen LogP contribution in [0.5, 0.6) is 0 Å². The van der Waals surface area contributed by atoms with Gasteiger partial charge in [0.1, 0.15) is 12.2 Å². The largest absolute Gasteiger partial charge is 0.463 e. The SMILES string of the molecule is CC(=O)OC[C@]1(COCc2ccccc2)C[C@H](O)[C@@H](N=[N+]=[N-])[C@H](CO[Si](C(C)C)(C(C)C)C(C)C)O1. The van der Waals surface area contributed by atoms with Gasteiger partial charge in [0.25, 0.3) is 0 Å². The lowest BCUT2D eigenvalue weighted by Gasteiger charge is -2.48. The monoisotopic (exact) mass is 521 g/mol. The molecular formula is C26H43N3O6Si. The Morgan fingerprint density at radius 2 is 1.78 bits per heavy atom. The quantitative estimate of drug-likeness (QED) is 0.120. The van der Waals surface area contributed by atoms with E-state index in [1.165, 1.54) is 6.92 Å². The minimum Gasteiger partial charge on any atom is -0.463 e. The zero-order valence-corrected chi connectivity index (χ0v) is 23.7. The van der Waals surface area contributed by atoms with Crippen molar-refractivity contribution in [3.63, 3.8) is 0 Å². The Kier molecular flexibility index (Phi) is 11.4. The van der Waals surface area contributed by atoms with Crippen LogP contribution in [0.3, 0.4) is 0 Å². The molecule has 0 spiro atoms. The number of carbonyl (C=O) groups is 1. The average Bonchev–Trinajstić information content (AvgIpc) is 2.80. The fraction of sp³-hybridized carbons (Fsp3) is 0.731. The molecule has 1 heterocycles. The third-order valence-corrected chi connectivity index (χ3v) is 13.2. The number of benzene rings is 1. The topological polar surface area (TPSA) is 123 Å². The van der Waals surface area contributed by atoms with Crippen molar-refractivity contribution in [2.45, 2.75) is 102 Å². The molecule has 1 saturated heterocycles. The first-order valence-corrected chi connectivity index (χ1v) is 14.9. The predicted molar refractivity (Wildman–Crippen MR) is 141 cm³/mol.